The molecule has 0 radical (unpaired) electrons. The minimum absolute atomic E-state index is 0.0184. The smallest absolute Gasteiger partial charge is 0.326 e. The summed E-state index contributed by atoms with van der Waals surface area (Å²) in [6, 6.07) is 33.4. The van der Waals surface area contributed by atoms with Gasteiger partial charge in [-0.15, -0.1) is 0 Å². The van der Waals surface area contributed by atoms with Gasteiger partial charge in [-0.2, -0.15) is 5.26 Å². The average Bonchev–Trinajstić information content (AvgIpc) is 3.37. The van der Waals surface area contributed by atoms with Crippen LogP contribution in [-0.2, 0) is 57.3 Å². The SMILES string of the molecule is C=NCc1cncc(COc2cc(OCc3cccc(-c4cccc(COc5cc(OCc6cncc(C#N)c6)c(CNC(CO)(Cc6ccccc6)C(=O)O)cc5Cl)c4C)c3C)c(Cl)cc2CO)c1. The summed E-state index contributed by atoms with van der Waals surface area (Å²) in [6.45, 7) is 7.68. The number of rotatable bonds is 23. The maximum Gasteiger partial charge on any atom is 0.326 e. The van der Waals surface area contributed by atoms with Crippen LogP contribution in [0.15, 0.2) is 133 Å². The molecule has 15 heteroatoms. The fourth-order valence-corrected chi connectivity index (χ4v) is 8.35. The molecule has 2 aromatic heterocycles. The van der Waals surface area contributed by atoms with Gasteiger partial charge in [0.05, 0.1) is 35.4 Å². The second kappa shape index (κ2) is 23.8. The number of benzene rings is 5. The fraction of sp³-hybridized carbons (Fsp3) is 0.218. The third-order valence-electron chi connectivity index (χ3n) is 11.9. The molecule has 2 heterocycles. The van der Waals surface area contributed by atoms with Crippen molar-refractivity contribution in [3.8, 4) is 40.2 Å². The fourth-order valence-electron chi connectivity index (χ4n) is 7.87. The van der Waals surface area contributed by atoms with Gasteiger partial charge < -0.3 is 34.3 Å². The van der Waals surface area contributed by atoms with Gasteiger partial charge in [0.1, 0.15) is 61.0 Å². The van der Waals surface area contributed by atoms with Crippen molar-refractivity contribution in [3.63, 3.8) is 0 Å². The molecule has 4 N–H and O–H groups in total. The minimum atomic E-state index is -1.71. The van der Waals surface area contributed by atoms with Crippen LogP contribution in [-0.4, -0.2) is 50.1 Å². The van der Waals surface area contributed by atoms with Gasteiger partial charge in [-0.05, 0) is 89.3 Å². The van der Waals surface area contributed by atoms with Crippen LogP contribution in [0.1, 0.15) is 61.2 Å². The lowest BCUT2D eigenvalue weighted by molar-refractivity contribution is -0.146. The van der Waals surface area contributed by atoms with E-state index in [2.05, 4.69) is 45.2 Å². The first-order valence-electron chi connectivity index (χ1n) is 22.2. The van der Waals surface area contributed by atoms with E-state index in [1.807, 2.05) is 62.4 Å². The first-order valence-corrected chi connectivity index (χ1v) is 23.0. The van der Waals surface area contributed by atoms with Crippen LogP contribution >= 0.6 is 23.2 Å². The van der Waals surface area contributed by atoms with Crippen LogP contribution in [0.25, 0.3) is 11.1 Å². The number of aliphatic imine (C=N–C) groups is 1. The number of hydrogen-bond acceptors (Lipinski definition) is 12. The zero-order valence-corrected chi connectivity index (χ0v) is 40.1. The molecule has 358 valence electrons. The molecule has 1 atom stereocenters. The van der Waals surface area contributed by atoms with Crippen molar-refractivity contribution in [1.82, 2.24) is 15.3 Å². The van der Waals surface area contributed by atoms with E-state index in [-0.39, 0.29) is 51.0 Å². The molecule has 0 aliphatic carbocycles. The lowest BCUT2D eigenvalue weighted by Gasteiger charge is -2.29. The number of nitrogens with one attached hydrogen (secondary N) is 1. The van der Waals surface area contributed by atoms with Crippen LogP contribution in [0.5, 0.6) is 23.0 Å². The highest BCUT2D eigenvalue weighted by atomic mass is 35.5. The van der Waals surface area contributed by atoms with E-state index in [9.17, 15) is 25.4 Å². The molecule has 7 rings (SSSR count). The Kier molecular flexibility index (Phi) is 17.2. The standard InChI is InChI=1S/C55H51Cl2N5O8/c1-35-42(11-7-13-46(35)47-14-8-12-43(36(47)2)33-70-53-20-51(45(29-63)18-49(53)57)68-31-41-16-39(23-59-3)25-61-27-41)32-69-52-19-50(67-30-40-15-38(22-58)24-60-26-40)44(17-48(52)56)28-62-55(34-64,54(65)66)21-37-9-5-4-6-10-37/h4-20,24-27,62-64H,3,21,23,28-34H2,1-2H3,(H,65,66). The number of nitrogens with zero attached hydrogens (tertiary/aromatic N) is 4. The number of aliphatic hydroxyl groups excluding tert-OH is 2. The number of aliphatic carboxylic acids is 1. The average molecular weight is 981 g/mol. The van der Waals surface area contributed by atoms with Gasteiger partial charge in [-0.25, -0.2) is 0 Å². The first-order chi connectivity index (χ1) is 33.9. The van der Waals surface area contributed by atoms with Crippen LogP contribution in [0.4, 0.5) is 0 Å². The molecule has 0 aliphatic rings. The molecule has 0 amide bonds. The minimum Gasteiger partial charge on any atom is -0.488 e. The number of halogens is 2. The molecule has 0 spiro atoms. The summed E-state index contributed by atoms with van der Waals surface area (Å²) in [4.78, 5) is 25.0. The van der Waals surface area contributed by atoms with E-state index in [0.29, 0.717) is 56.8 Å². The summed E-state index contributed by atoms with van der Waals surface area (Å²) in [5.41, 5.74) is 8.64. The molecular weight excluding hydrogens is 930 g/mol. The Morgan fingerprint density at radius 3 is 1.77 bits per heavy atom. The van der Waals surface area contributed by atoms with Crippen LogP contribution < -0.4 is 24.3 Å². The van der Waals surface area contributed by atoms with Crippen molar-refractivity contribution < 1.29 is 39.1 Å². The summed E-state index contributed by atoms with van der Waals surface area (Å²) in [7, 11) is 0. The number of ether oxygens (including phenoxy) is 4. The number of hydrogen-bond donors (Lipinski definition) is 4. The van der Waals surface area contributed by atoms with E-state index >= 15 is 0 Å². The molecule has 0 fully saturated rings. The van der Waals surface area contributed by atoms with E-state index in [1.165, 1.54) is 6.20 Å². The van der Waals surface area contributed by atoms with E-state index in [0.717, 1.165) is 50.1 Å². The molecule has 0 saturated heterocycles. The first kappa shape index (κ1) is 50.6. The van der Waals surface area contributed by atoms with Gasteiger partial charge in [-0.1, -0.05) is 89.9 Å². The number of carboxylic acid groups (broad SMARTS) is 1. The van der Waals surface area contributed by atoms with Crippen molar-refractivity contribution in [2.45, 2.75) is 71.9 Å². The Hall–Kier alpha value is -7.31. The van der Waals surface area contributed by atoms with E-state index < -0.39 is 18.1 Å². The van der Waals surface area contributed by atoms with Gasteiger partial charge in [0.25, 0.3) is 0 Å². The highest BCUT2D eigenvalue weighted by molar-refractivity contribution is 6.32. The zero-order chi connectivity index (χ0) is 49.6. The zero-order valence-electron chi connectivity index (χ0n) is 38.6. The normalized spacial score (nSPS) is 11.8. The molecule has 1 unspecified atom stereocenters. The third kappa shape index (κ3) is 12.5. The number of carbonyl (C=O) groups is 1. The van der Waals surface area contributed by atoms with Gasteiger partial charge in [0.15, 0.2) is 0 Å². The molecule has 0 saturated carbocycles. The summed E-state index contributed by atoms with van der Waals surface area (Å²) in [5, 5.41) is 44.0. The van der Waals surface area contributed by atoms with Gasteiger partial charge in [-0.3, -0.25) is 25.1 Å². The largest absolute Gasteiger partial charge is 0.488 e. The topological polar surface area (TPSA) is 189 Å². The summed E-state index contributed by atoms with van der Waals surface area (Å²) in [5.74, 6) is 0.296. The number of carboxylic acids is 1. The number of aliphatic hydroxyl groups is 2. The Bertz CT molecular complexity index is 3020. The number of nitriles is 1. The van der Waals surface area contributed by atoms with Crippen molar-refractivity contribution in [1.29, 1.82) is 5.26 Å². The van der Waals surface area contributed by atoms with Crippen molar-refractivity contribution >= 4 is 35.9 Å². The van der Waals surface area contributed by atoms with E-state index in [1.54, 1.807) is 61.1 Å². The molecule has 70 heavy (non-hydrogen) atoms. The van der Waals surface area contributed by atoms with Crippen molar-refractivity contribution in [2.75, 3.05) is 6.61 Å². The monoisotopic (exact) mass is 979 g/mol. The molecule has 7 aromatic rings. The molecule has 0 aliphatic heterocycles. The van der Waals surface area contributed by atoms with Crippen molar-refractivity contribution in [3.05, 3.63) is 199 Å². The summed E-state index contributed by atoms with van der Waals surface area (Å²) in [6.07, 6.45) is 6.51. The molecular formula is C55H51Cl2N5O8. The Morgan fingerprint density at radius 2 is 1.21 bits per heavy atom. The second-order valence-electron chi connectivity index (χ2n) is 16.6. The predicted molar refractivity (Wildman–Crippen MR) is 268 cm³/mol. The maximum atomic E-state index is 12.7. The highest BCUT2D eigenvalue weighted by Gasteiger charge is 2.38. The van der Waals surface area contributed by atoms with E-state index in [4.69, 9.17) is 42.1 Å². The van der Waals surface area contributed by atoms with Crippen LogP contribution in [0, 0.1) is 25.2 Å². The highest BCUT2D eigenvalue weighted by Crippen LogP contribution is 2.38. The Balaban J connectivity index is 1.09. The second-order valence-corrected chi connectivity index (χ2v) is 17.4. The Morgan fingerprint density at radius 1 is 0.671 bits per heavy atom. The van der Waals surface area contributed by atoms with Crippen LogP contribution in [0.2, 0.25) is 10.0 Å². The number of aromatic nitrogens is 2. The molecule has 0 bridgehead atoms. The summed E-state index contributed by atoms with van der Waals surface area (Å²) >= 11 is 13.6. The van der Waals surface area contributed by atoms with Gasteiger partial charge in [0, 0.05) is 72.1 Å². The lowest BCUT2D eigenvalue weighted by atomic mass is 9.91. The summed E-state index contributed by atoms with van der Waals surface area (Å²) < 4.78 is 25.1. The lowest BCUT2D eigenvalue weighted by Crippen LogP contribution is -2.56. The van der Waals surface area contributed by atoms with Gasteiger partial charge >= 0.3 is 5.97 Å². The Labute approximate surface area is 416 Å². The van der Waals surface area contributed by atoms with Crippen molar-refractivity contribution in [2.24, 2.45) is 4.99 Å². The number of pyridine rings is 2. The molecule has 5 aromatic carbocycles. The molecule has 13 nitrogen and oxygen atoms in total. The predicted octanol–water partition coefficient (Wildman–Crippen LogP) is 10.1. The third-order valence-corrected chi connectivity index (χ3v) is 12.4. The maximum absolute atomic E-state index is 12.7. The van der Waals surface area contributed by atoms with Gasteiger partial charge in [0.2, 0.25) is 0 Å². The quantitative estimate of drug-likeness (QED) is 0.0445. The van der Waals surface area contributed by atoms with Crippen LogP contribution in [0.3, 0.4) is 0 Å².